The van der Waals surface area contributed by atoms with Crippen molar-refractivity contribution in [2.24, 2.45) is 7.05 Å². The van der Waals surface area contributed by atoms with E-state index in [-0.39, 0.29) is 5.91 Å². The van der Waals surface area contributed by atoms with Crippen LogP contribution in [0.5, 0.6) is 0 Å². The van der Waals surface area contributed by atoms with Crippen LogP contribution in [0.25, 0.3) is 11.0 Å². The van der Waals surface area contributed by atoms with E-state index in [0.717, 1.165) is 16.9 Å². The van der Waals surface area contributed by atoms with Crippen LogP contribution in [0.1, 0.15) is 16.4 Å². The molecule has 0 spiro atoms. The lowest BCUT2D eigenvalue weighted by Gasteiger charge is -2.15. The molecular formula is C14H15N5O. The summed E-state index contributed by atoms with van der Waals surface area (Å²) in [5.41, 5.74) is 1.88. The average Bonchev–Trinajstić information content (AvgIpc) is 3.03. The molecule has 0 fully saturated rings. The number of aromatic amines is 1. The molecule has 0 radical (unpaired) electrons. The molecule has 0 atom stereocenters. The van der Waals surface area contributed by atoms with Crippen LogP contribution in [0.4, 0.5) is 0 Å². The first-order valence-electron chi connectivity index (χ1n) is 6.31. The van der Waals surface area contributed by atoms with Gasteiger partial charge < -0.3 is 14.5 Å². The monoisotopic (exact) mass is 269 g/mol. The average molecular weight is 269 g/mol. The van der Waals surface area contributed by atoms with E-state index in [4.69, 9.17) is 0 Å². The van der Waals surface area contributed by atoms with Crippen LogP contribution >= 0.6 is 0 Å². The van der Waals surface area contributed by atoms with Gasteiger partial charge in [0.15, 0.2) is 5.82 Å². The second kappa shape index (κ2) is 4.80. The molecule has 1 N–H and O–H groups in total. The van der Waals surface area contributed by atoms with Crippen molar-refractivity contribution in [3.63, 3.8) is 0 Å². The number of benzene rings is 1. The summed E-state index contributed by atoms with van der Waals surface area (Å²) < 4.78 is 1.71. The molecule has 0 aliphatic carbocycles. The van der Waals surface area contributed by atoms with E-state index in [1.807, 2.05) is 24.3 Å². The van der Waals surface area contributed by atoms with Crippen LogP contribution in [0.3, 0.4) is 0 Å². The lowest BCUT2D eigenvalue weighted by atomic mass is 10.3. The number of aromatic nitrogens is 4. The molecule has 2 heterocycles. The molecule has 0 unspecified atom stereocenters. The number of aryl methyl sites for hydroxylation is 1. The van der Waals surface area contributed by atoms with Gasteiger partial charge in [0.05, 0.1) is 17.6 Å². The maximum Gasteiger partial charge on any atom is 0.289 e. The van der Waals surface area contributed by atoms with Gasteiger partial charge in [-0.05, 0) is 12.1 Å². The fraction of sp³-hybridized carbons (Fsp3) is 0.214. The Hall–Kier alpha value is -2.63. The molecule has 1 aromatic carbocycles. The van der Waals surface area contributed by atoms with Gasteiger partial charge in [-0.1, -0.05) is 12.1 Å². The van der Waals surface area contributed by atoms with Crippen LogP contribution in [0.15, 0.2) is 36.7 Å². The Balaban J connectivity index is 1.80. The maximum absolute atomic E-state index is 12.2. The van der Waals surface area contributed by atoms with E-state index < -0.39 is 0 Å². The second-order valence-corrected chi connectivity index (χ2v) is 4.72. The summed E-state index contributed by atoms with van der Waals surface area (Å²) in [6.07, 6.45) is 3.37. The standard InChI is InChI=1S/C14H15N5O/c1-18-8-7-15-13(18)14(20)19(2)9-12-16-10-5-3-4-6-11(10)17-12/h3-8H,9H2,1-2H3,(H,16,17). The van der Waals surface area contributed by atoms with E-state index >= 15 is 0 Å². The first-order chi connectivity index (χ1) is 9.65. The zero-order valence-corrected chi connectivity index (χ0v) is 11.4. The molecule has 20 heavy (non-hydrogen) atoms. The van der Waals surface area contributed by atoms with Crippen LogP contribution in [-0.2, 0) is 13.6 Å². The number of fused-ring (bicyclic) bond motifs is 1. The first kappa shape index (κ1) is 12.4. The lowest BCUT2D eigenvalue weighted by molar-refractivity contribution is 0.0766. The fourth-order valence-corrected chi connectivity index (χ4v) is 2.12. The molecule has 0 saturated heterocycles. The van der Waals surface area contributed by atoms with E-state index in [1.165, 1.54) is 0 Å². The quantitative estimate of drug-likeness (QED) is 0.784. The lowest BCUT2D eigenvalue weighted by Crippen LogP contribution is -2.29. The highest BCUT2D eigenvalue weighted by atomic mass is 16.2. The summed E-state index contributed by atoms with van der Waals surface area (Å²) >= 11 is 0. The minimum atomic E-state index is -0.127. The highest BCUT2D eigenvalue weighted by molar-refractivity contribution is 5.90. The van der Waals surface area contributed by atoms with Gasteiger partial charge in [-0.15, -0.1) is 0 Å². The molecule has 0 saturated carbocycles. The summed E-state index contributed by atoms with van der Waals surface area (Å²) in [6, 6.07) is 7.80. The molecule has 3 aromatic rings. The third-order valence-electron chi connectivity index (χ3n) is 3.18. The molecule has 6 nitrogen and oxygen atoms in total. The number of para-hydroxylation sites is 2. The molecule has 6 heteroatoms. The Morgan fingerprint density at radius 2 is 2.20 bits per heavy atom. The summed E-state index contributed by atoms with van der Waals surface area (Å²) in [7, 11) is 3.54. The van der Waals surface area contributed by atoms with Crippen molar-refractivity contribution in [3.8, 4) is 0 Å². The number of H-pyrrole nitrogens is 1. The molecule has 0 bridgehead atoms. The number of imidazole rings is 2. The molecular weight excluding hydrogens is 254 g/mol. The highest BCUT2D eigenvalue weighted by Crippen LogP contribution is 2.12. The number of hydrogen-bond donors (Lipinski definition) is 1. The number of amides is 1. The summed E-state index contributed by atoms with van der Waals surface area (Å²) in [5, 5.41) is 0. The molecule has 0 aliphatic heterocycles. The maximum atomic E-state index is 12.2. The number of carbonyl (C=O) groups is 1. The van der Waals surface area contributed by atoms with Crippen molar-refractivity contribution in [1.29, 1.82) is 0 Å². The number of nitrogens with zero attached hydrogens (tertiary/aromatic N) is 4. The zero-order valence-electron chi connectivity index (χ0n) is 11.4. The SMILES string of the molecule is CN(Cc1nc2ccccc2[nH]1)C(=O)c1nccn1C. The van der Waals surface area contributed by atoms with Crippen molar-refractivity contribution >= 4 is 16.9 Å². The number of carbonyl (C=O) groups excluding carboxylic acids is 1. The normalized spacial score (nSPS) is 10.9. The van der Waals surface area contributed by atoms with Gasteiger partial charge in [-0.2, -0.15) is 0 Å². The van der Waals surface area contributed by atoms with Crippen LogP contribution in [0.2, 0.25) is 0 Å². The summed E-state index contributed by atoms with van der Waals surface area (Å²) in [4.78, 5) is 25.6. The Morgan fingerprint density at radius 3 is 2.90 bits per heavy atom. The van der Waals surface area contributed by atoms with Gasteiger partial charge in [0.25, 0.3) is 5.91 Å². The van der Waals surface area contributed by atoms with Gasteiger partial charge in [-0.25, -0.2) is 9.97 Å². The smallest absolute Gasteiger partial charge is 0.289 e. The summed E-state index contributed by atoms with van der Waals surface area (Å²) in [6.45, 7) is 0.417. The topological polar surface area (TPSA) is 66.8 Å². The Labute approximate surface area is 116 Å². The van der Waals surface area contributed by atoms with Gasteiger partial charge >= 0.3 is 0 Å². The Kier molecular flexibility index (Phi) is 2.98. The Bertz CT molecular complexity index is 725. The molecule has 1 amide bonds. The van der Waals surface area contributed by atoms with Crippen molar-refractivity contribution < 1.29 is 4.79 Å². The second-order valence-electron chi connectivity index (χ2n) is 4.72. The predicted octanol–water partition coefficient (Wildman–Crippen LogP) is 1.57. The van der Waals surface area contributed by atoms with E-state index in [9.17, 15) is 4.79 Å². The van der Waals surface area contributed by atoms with Gasteiger partial charge in [0.1, 0.15) is 5.82 Å². The minimum Gasteiger partial charge on any atom is -0.340 e. The zero-order chi connectivity index (χ0) is 14.1. The largest absolute Gasteiger partial charge is 0.340 e. The summed E-state index contributed by atoms with van der Waals surface area (Å²) in [5.74, 6) is 1.05. The van der Waals surface area contributed by atoms with Crippen molar-refractivity contribution in [2.45, 2.75) is 6.54 Å². The van der Waals surface area contributed by atoms with Crippen LogP contribution < -0.4 is 0 Å². The van der Waals surface area contributed by atoms with Crippen LogP contribution in [0, 0.1) is 0 Å². The Morgan fingerprint density at radius 1 is 1.40 bits per heavy atom. The molecule has 102 valence electrons. The van der Waals surface area contributed by atoms with E-state index in [1.54, 1.807) is 36.0 Å². The fourth-order valence-electron chi connectivity index (χ4n) is 2.12. The van der Waals surface area contributed by atoms with Gasteiger partial charge in [0.2, 0.25) is 0 Å². The van der Waals surface area contributed by atoms with E-state index in [0.29, 0.717) is 12.4 Å². The number of nitrogens with one attached hydrogen (secondary N) is 1. The highest BCUT2D eigenvalue weighted by Gasteiger charge is 2.17. The van der Waals surface area contributed by atoms with Gasteiger partial charge in [0, 0.05) is 26.5 Å². The third kappa shape index (κ3) is 2.16. The predicted molar refractivity (Wildman–Crippen MR) is 75.1 cm³/mol. The molecule has 3 rings (SSSR count). The minimum absolute atomic E-state index is 0.127. The first-order valence-corrected chi connectivity index (χ1v) is 6.31. The number of hydrogen-bond acceptors (Lipinski definition) is 3. The third-order valence-corrected chi connectivity index (χ3v) is 3.18. The van der Waals surface area contributed by atoms with Crippen molar-refractivity contribution in [3.05, 3.63) is 48.3 Å². The van der Waals surface area contributed by atoms with Crippen molar-refractivity contribution in [2.75, 3.05) is 7.05 Å². The van der Waals surface area contributed by atoms with Crippen molar-refractivity contribution in [1.82, 2.24) is 24.4 Å². The molecule has 0 aliphatic rings. The van der Waals surface area contributed by atoms with E-state index in [2.05, 4.69) is 15.0 Å². The number of rotatable bonds is 3. The molecule has 2 aromatic heterocycles. The van der Waals surface area contributed by atoms with Gasteiger partial charge in [-0.3, -0.25) is 4.79 Å². The van der Waals surface area contributed by atoms with Crippen LogP contribution in [-0.4, -0.2) is 37.4 Å².